The number of rotatable bonds is 8. The molecular weight excluding hydrogens is 360 g/mol. The predicted molar refractivity (Wildman–Crippen MR) is 99.0 cm³/mol. The molecule has 132 valence electrons. The summed E-state index contributed by atoms with van der Waals surface area (Å²) < 4.78 is 0. The first-order valence-corrected chi connectivity index (χ1v) is 9.04. The Morgan fingerprint density at radius 3 is 2.56 bits per heavy atom. The number of thioether (sulfide) groups is 1. The maximum Gasteiger partial charge on any atom is 0.304 e. The molecule has 0 saturated heterocycles. The van der Waals surface area contributed by atoms with Gasteiger partial charge in [-0.15, -0.1) is 0 Å². The third-order valence-electron chi connectivity index (χ3n) is 3.59. The summed E-state index contributed by atoms with van der Waals surface area (Å²) >= 11 is 7.23. The normalized spacial score (nSPS) is 13.0. The molecule has 2 unspecified atom stereocenters. The van der Waals surface area contributed by atoms with Crippen LogP contribution >= 0.6 is 23.4 Å². The molecule has 0 bridgehead atoms. The number of pyridine rings is 1. The van der Waals surface area contributed by atoms with Gasteiger partial charge in [0.25, 0.3) is 0 Å². The van der Waals surface area contributed by atoms with Gasteiger partial charge in [-0.25, -0.2) is 4.98 Å². The number of halogens is 1. The topological polar surface area (TPSA) is 79.3 Å². The van der Waals surface area contributed by atoms with Crippen molar-refractivity contribution in [3.63, 3.8) is 0 Å². The summed E-state index contributed by atoms with van der Waals surface area (Å²) in [5.74, 6) is -1.38. The van der Waals surface area contributed by atoms with Gasteiger partial charge in [0.1, 0.15) is 0 Å². The van der Waals surface area contributed by atoms with Gasteiger partial charge in [-0.05, 0) is 36.8 Å². The molecule has 25 heavy (non-hydrogen) atoms. The fourth-order valence-corrected chi connectivity index (χ4v) is 3.23. The van der Waals surface area contributed by atoms with Gasteiger partial charge in [0.15, 0.2) is 0 Å². The van der Waals surface area contributed by atoms with Crippen LogP contribution in [0.1, 0.15) is 24.8 Å². The van der Waals surface area contributed by atoms with E-state index in [-0.39, 0.29) is 30.0 Å². The van der Waals surface area contributed by atoms with Gasteiger partial charge in [0, 0.05) is 23.7 Å². The van der Waals surface area contributed by atoms with Crippen LogP contribution in [0.3, 0.4) is 0 Å². The van der Waals surface area contributed by atoms with E-state index >= 15 is 0 Å². The molecular formula is C18H19ClN2O3S. The number of hydrogen-bond donors (Lipinski definition) is 2. The molecule has 0 aliphatic carbocycles. The van der Waals surface area contributed by atoms with E-state index in [0.717, 1.165) is 10.6 Å². The highest BCUT2D eigenvalue weighted by atomic mass is 35.5. The Kier molecular flexibility index (Phi) is 7.28. The van der Waals surface area contributed by atoms with E-state index in [1.807, 2.05) is 18.2 Å². The second-order valence-electron chi connectivity index (χ2n) is 5.52. The SMILES string of the molecule is CC(Sc1ccccn1)C(=O)NCC(CC(=O)O)c1ccc(Cl)cc1. The van der Waals surface area contributed by atoms with Gasteiger partial charge in [-0.3, -0.25) is 9.59 Å². The minimum absolute atomic E-state index is 0.0658. The number of aromatic nitrogens is 1. The highest BCUT2D eigenvalue weighted by Gasteiger charge is 2.20. The summed E-state index contributed by atoms with van der Waals surface area (Å²) in [6.07, 6.45) is 1.61. The van der Waals surface area contributed by atoms with Crippen molar-refractivity contribution >= 4 is 35.2 Å². The van der Waals surface area contributed by atoms with Gasteiger partial charge in [0.2, 0.25) is 5.91 Å². The Labute approximate surface area is 155 Å². The van der Waals surface area contributed by atoms with Crippen molar-refractivity contribution in [3.8, 4) is 0 Å². The van der Waals surface area contributed by atoms with Crippen LogP contribution in [0, 0.1) is 0 Å². The molecule has 0 aliphatic heterocycles. The van der Waals surface area contributed by atoms with E-state index < -0.39 is 5.97 Å². The van der Waals surface area contributed by atoms with E-state index in [0.29, 0.717) is 5.02 Å². The summed E-state index contributed by atoms with van der Waals surface area (Å²) in [4.78, 5) is 27.6. The third kappa shape index (κ3) is 6.40. The van der Waals surface area contributed by atoms with Gasteiger partial charge >= 0.3 is 5.97 Å². The van der Waals surface area contributed by atoms with Crippen molar-refractivity contribution in [1.29, 1.82) is 0 Å². The lowest BCUT2D eigenvalue weighted by molar-refractivity contribution is -0.137. The van der Waals surface area contributed by atoms with Crippen LogP contribution in [0.15, 0.2) is 53.7 Å². The molecule has 1 heterocycles. The molecule has 2 atom stereocenters. The third-order valence-corrected chi connectivity index (χ3v) is 4.89. The minimum Gasteiger partial charge on any atom is -0.481 e. The molecule has 5 nitrogen and oxygen atoms in total. The Morgan fingerprint density at radius 2 is 1.96 bits per heavy atom. The van der Waals surface area contributed by atoms with Crippen molar-refractivity contribution in [2.75, 3.05) is 6.54 Å². The van der Waals surface area contributed by atoms with E-state index in [2.05, 4.69) is 10.3 Å². The lowest BCUT2D eigenvalue weighted by Gasteiger charge is -2.18. The highest BCUT2D eigenvalue weighted by Crippen LogP contribution is 2.23. The molecule has 7 heteroatoms. The Morgan fingerprint density at radius 1 is 1.24 bits per heavy atom. The lowest BCUT2D eigenvalue weighted by Crippen LogP contribution is -2.34. The van der Waals surface area contributed by atoms with E-state index in [4.69, 9.17) is 16.7 Å². The molecule has 0 saturated carbocycles. The molecule has 1 aromatic carbocycles. The number of nitrogens with one attached hydrogen (secondary N) is 1. The van der Waals surface area contributed by atoms with Gasteiger partial charge in [0.05, 0.1) is 16.7 Å². The first-order valence-electron chi connectivity index (χ1n) is 7.78. The van der Waals surface area contributed by atoms with E-state index in [1.54, 1.807) is 37.4 Å². The number of aliphatic carboxylic acids is 1. The number of carbonyl (C=O) groups excluding carboxylic acids is 1. The zero-order chi connectivity index (χ0) is 18.2. The minimum atomic E-state index is -0.912. The zero-order valence-corrected chi connectivity index (χ0v) is 15.3. The standard InChI is InChI=1S/C18H19ClN2O3S/c1-12(25-16-4-2-3-9-20-16)18(24)21-11-14(10-17(22)23)13-5-7-15(19)8-6-13/h2-9,12,14H,10-11H2,1H3,(H,21,24)(H,22,23). The number of carboxylic acid groups (broad SMARTS) is 1. The smallest absolute Gasteiger partial charge is 0.304 e. The second kappa shape index (κ2) is 9.44. The summed E-state index contributed by atoms with van der Waals surface area (Å²) in [5, 5.41) is 13.0. The Bertz CT molecular complexity index is 710. The van der Waals surface area contributed by atoms with Crippen LogP contribution in [0.25, 0.3) is 0 Å². The van der Waals surface area contributed by atoms with E-state index in [1.165, 1.54) is 11.8 Å². The van der Waals surface area contributed by atoms with Crippen LogP contribution in [0.4, 0.5) is 0 Å². The maximum absolute atomic E-state index is 12.3. The fraction of sp³-hybridized carbons (Fsp3) is 0.278. The second-order valence-corrected chi connectivity index (χ2v) is 7.32. The number of nitrogens with zero attached hydrogens (tertiary/aromatic N) is 1. The number of carbonyl (C=O) groups is 2. The van der Waals surface area contributed by atoms with Crippen LogP contribution in [0.2, 0.25) is 5.02 Å². The Hall–Kier alpha value is -2.05. The van der Waals surface area contributed by atoms with Crippen molar-refractivity contribution in [1.82, 2.24) is 10.3 Å². The molecule has 1 amide bonds. The van der Waals surface area contributed by atoms with Crippen molar-refractivity contribution < 1.29 is 14.7 Å². The summed E-state index contributed by atoms with van der Waals surface area (Å²) in [6, 6.07) is 12.5. The van der Waals surface area contributed by atoms with Crippen LogP contribution in [-0.2, 0) is 9.59 Å². The summed E-state index contributed by atoms with van der Waals surface area (Å²) in [5.41, 5.74) is 0.831. The fourth-order valence-electron chi connectivity index (χ4n) is 2.27. The number of hydrogen-bond acceptors (Lipinski definition) is 4. The summed E-state index contributed by atoms with van der Waals surface area (Å²) in [7, 11) is 0. The van der Waals surface area contributed by atoms with E-state index in [9.17, 15) is 9.59 Å². The molecule has 2 aromatic rings. The van der Waals surface area contributed by atoms with Crippen molar-refractivity contribution in [3.05, 3.63) is 59.2 Å². The van der Waals surface area contributed by atoms with Crippen molar-refractivity contribution in [2.24, 2.45) is 0 Å². The molecule has 0 fully saturated rings. The quantitative estimate of drug-likeness (QED) is 0.686. The lowest BCUT2D eigenvalue weighted by atomic mass is 9.95. The molecule has 0 aliphatic rings. The highest BCUT2D eigenvalue weighted by molar-refractivity contribution is 8.00. The molecule has 0 spiro atoms. The maximum atomic E-state index is 12.3. The first-order chi connectivity index (χ1) is 12.0. The van der Waals surface area contributed by atoms with Crippen molar-refractivity contribution in [2.45, 2.75) is 29.5 Å². The largest absolute Gasteiger partial charge is 0.481 e. The average Bonchev–Trinajstić information content (AvgIpc) is 2.59. The summed E-state index contributed by atoms with van der Waals surface area (Å²) in [6.45, 7) is 2.04. The number of carboxylic acids is 1. The first kappa shape index (κ1) is 19.3. The van der Waals surface area contributed by atoms with Gasteiger partial charge < -0.3 is 10.4 Å². The molecule has 2 N–H and O–H groups in total. The van der Waals surface area contributed by atoms with Crippen LogP contribution in [0.5, 0.6) is 0 Å². The van der Waals surface area contributed by atoms with Gasteiger partial charge in [-0.2, -0.15) is 0 Å². The van der Waals surface area contributed by atoms with Gasteiger partial charge in [-0.1, -0.05) is 41.6 Å². The molecule has 1 aromatic heterocycles. The molecule has 2 rings (SSSR count). The van der Waals surface area contributed by atoms with Crippen LogP contribution in [-0.4, -0.2) is 33.8 Å². The zero-order valence-electron chi connectivity index (χ0n) is 13.7. The molecule has 0 radical (unpaired) electrons. The average molecular weight is 379 g/mol. The predicted octanol–water partition coefficient (Wildman–Crippen LogP) is 3.59. The Balaban J connectivity index is 1.95. The number of amides is 1. The van der Waals surface area contributed by atoms with Crippen LogP contribution < -0.4 is 5.32 Å². The monoisotopic (exact) mass is 378 g/mol. The number of benzene rings is 1.